The maximum absolute atomic E-state index is 11.1. The first kappa shape index (κ1) is 12.9. The fourth-order valence-electron chi connectivity index (χ4n) is 1.98. The Labute approximate surface area is 123 Å². The van der Waals surface area contributed by atoms with Gasteiger partial charge in [0.05, 0.1) is 0 Å². The monoisotopic (exact) mass is 330 g/mol. The standard InChI is InChI=1S/C15H11BrN2O2/c1-9(19)17-12-7-10(6-11(16)8-12)15-18-13-4-2-3-5-14(13)20-15/h2-8H,1H3,(H,17,19). The number of nitrogens with zero attached hydrogens (tertiary/aromatic N) is 1. The van der Waals surface area contributed by atoms with Crippen molar-refractivity contribution in [1.82, 2.24) is 4.98 Å². The molecular weight excluding hydrogens is 320 g/mol. The van der Waals surface area contributed by atoms with Gasteiger partial charge in [0.25, 0.3) is 0 Å². The molecule has 0 saturated carbocycles. The van der Waals surface area contributed by atoms with Gasteiger partial charge < -0.3 is 9.73 Å². The summed E-state index contributed by atoms with van der Waals surface area (Å²) >= 11 is 3.42. The summed E-state index contributed by atoms with van der Waals surface area (Å²) in [6.45, 7) is 1.47. The number of halogens is 1. The molecule has 0 aliphatic rings. The molecule has 1 heterocycles. The van der Waals surface area contributed by atoms with Crippen molar-refractivity contribution in [2.24, 2.45) is 0 Å². The van der Waals surface area contributed by atoms with Crippen molar-refractivity contribution in [2.45, 2.75) is 6.92 Å². The van der Waals surface area contributed by atoms with Crippen LogP contribution >= 0.6 is 15.9 Å². The van der Waals surface area contributed by atoms with Gasteiger partial charge in [-0.15, -0.1) is 0 Å². The van der Waals surface area contributed by atoms with E-state index in [1.54, 1.807) is 0 Å². The first-order valence-electron chi connectivity index (χ1n) is 6.06. The zero-order valence-electron chi connectivity index (χ0n) is 10.7. The smallest absolute Gasteiger partial charge is 0.227 e. The molecule has 0 atom stereocenters. The Morgan fingerprint density at radius 3 is 2.80 bits per heavy atom. The van der Waals surface area contributed by atoms with Crippen molar-refractivity contribution in [3.05, 3.63) is 46.9 Å². The van der Waals surface area contributed by atoms with Gasteiger partial charge in [0, 0.05) is 22.6 Å². The molecule has 0 aliphatic carbocycles. The molecule has 0 fully saturated rings. The predicted molar refractivity (Wildman–Crippen MR) is 81.4 cm³/mol. The van der Waals surface area contributed by atoms with Crippen LogP contribution in [-0.4, -0.2) is 10.9 Å². The van der Waals surface area contributed by atoms with Crippen molar-refractivity contribution in [2.75, 3.05) is 5.32 Å². The Morgan fingerprint density at radius 2 is 2.05 bits per heavy atom. The van der Waals surface area contributed by atoms with Crippen LogP contribution in [0.15, 0.2) is 51.4 Å². The van der Waals surface area contributed by atoms with Gasteiger partial charge in [0.15, 0.2) is 5.58 Å². The molecule has 4 nitrogen and oxygen atoms in total. The van der Waals surface area contributed by atoms with Crippen LogP contribution in [0.4, 0.5) is 5.69 Å². The molecule has 0 radical (unpaired) electrons. The Hall–Kier alpha value is -2.14. The summed E-state index contributed by atoms with van der Waals surface area (Å²) in [6.07, 6.45) is 0. The van der Waals surface area contributed by atoms with E-state index in [9.17, 15) is 4.79 Å². The summed E-state index contributed by atoms with van der Waals surface area (Å²) in [5.41, 5.74) is 3.05. The Bertz CT molecular complexity index is 762. The second kappa shape index (κ2) is 5.09. The number of anilines is 1. The van der Waals surface area contributed by atoms with Crippen LogP contribution in [0, 0.1) is 0 Å². The number of carbonyl (C=O) groups is 1. The average Bonchev–Trinajstić information content (AvgIpc) is 2.80. The molecule has 0 spiro atoms. The third-order valence-corrected chi connectivity index (χ3v) is 3.22. The summed E-state index contributed by atoms with van der Waals surface area (Å²) in [6, 6.07) is 13.1. The molecule has 3 aromatic rings. The van der Waals surface area contributed by atoms with Gasteiger partial charge in [-0.1, -0.05) is 28.1 Å². The highest BCUT2D eigenvalue weighted by Crippen LogP contribution is 2.29. The summed E-state index contributed by atoms with van der Waals surface area (Å²) in [7, 11) is 0. The SMILES string of the molecule is CC(=O)Nc1cc(Br)cc(-c2nc3ccccc3o2)c1. The summed E-state index contributed by atoms with van der Waals surface area (Å²) in [5, 5.41) is 2.75. The maximum atomic E-state index is 11.1. The molecular formula is C15H11BrN2O2. The summed E-state index contributed by atoms with van der Waals surface area (Å²) < 4.78 is 6.57. The van der Waals surface area contributed by atoms with Crippen LogP contribution in [-0.2, 0) is 4.79 Å². The molecule has 0 unspecified atom stereocenters. The topological polar surface area (TPSA) is 55.1 Å². The van der Waals surface area contributed by atoms with Gasteiger partial charge in [0.2, 0.25) is 11.8 Å². The molecule has 1 amide bonds. The Kier molecular flexibility index (Phi) is 3.28. The number of para-hydroxylation sites is 2. The second-order valence-corrected chi connectivity index (χ2v) is 5.31. The number of fused-ring (bicyclic) bond motifs is 1. The number of carbonyl (C=O) groups excluding carboxylic acids is 1. The highest BCUT2D eigenvalue weighted by Gasteiger charge is 2.10. The van der Waals surface area contributed by atoms with E-state index in [0.717, 1.165) is 21.1 Å². The fraction of sp³-hybridized carbons (Fsp3) is 0.0667. The molecule has 1 N–H and O–H groups in total. The lowest BCUT2D eigenvalue weighted by molar-refractivity contribution is -0.114. The van der Waals surface area contributed by atoms with Crippen LogP contribution in [0.5, 0.6) is 0 Å². The zero-order chi connectivity index (χ0) is 14.1. The highest BCUT2D eigenvalue weighted by molar-refractivity contribution is 9.10. The third-order valence-electron chi connectivity index (χ3n) is 2.76. The molecule has 100 valence electrons. The number of rotatable bonds is 2. The van der Waals surface area contributed by atoms with E-state index >= 15 is 0 Å². The van der Waals surface area contributed by atoms with E-state index in [2.05, 4.69) is 26.2 Å². The average molecular weight is 331 g/mol. The van der Waals surface area contributed by atoms with E-state index in [4.69, 9.17) is 4.42 Å². The van der Waals surface area contributed by atoms with E-state index in [1.807, 2.05) is 42.5 Å². The number of oxazole rings is 1. The lowest BCUT2D eigenvalue weighted by Gasteiger charge is -2.04. The Balaban J connectivity index is 2.08. The van der Waals surface area contributed by atoms with E-state index < -0.39 is 0 Å². The number of hydrogen-bond donors (Lipinski definition) is 1. The number of hydrogen-bond acceptors (Lipinski definition) is 3. The van der Waals surface area contributed by atoms with Gasteiger partial charge in [-0.3, -0.25) is 4.79 Å². The number of amides is 1. The summed E-state index contributed by atoms with van der Waals surface area (Å²) in [4.78, 5) is 15.6. The lowest BCUT2D eigenvalue weighted by Crippen LogP contribution is -2.05. The second-order valence-electron chi connectivity index (χ2n) is 4.40. The highest BCUT2D eigenvalue weighted by atomic mass is 79.9. The van der Waals surface area contributed by atoms with Crippen molar-refractivity contribution in [1.29, 1.82) is 0 Å². The van der Waals surface area contributed by atoms with E-state index in [-0.39, 0.29) is 5.91 Å². The zero-order valence-corrected chi connectivity index (χ0v) is 12.3. The van der Waals surface area contributed by atoms with Crippen LogP contribution in [0.25, 0.3) is 22.6 Å². The van der Waals surface area contributed by atoms with Crippen LogP contribution in [0.2, 0.25) is 0 Å². The number of nitrogens with one attached hydrogen (secondary N) is 1. The van der Waals surface area contributed by atoms with Gasteiger partial charge >= 0.3 is 0 Å². The first-order valence-corrected chi connectivity index (χ1v) is 6.85. The summed E-state index contributed by atoms with van der Waals surface area (Å²) in [5.74, 6) is 0.408. The van der Waals surface area contributed by atoms with Gasteiger partial charge in [-0.05, 0) is 30.3 Å². The van der Waals surface area contributed by atoms with E-state index in [1.165, 1.54) is 6.92 Å². The number of benzene rings is 2. The van der Waals surface area contributed by atoms with Crippen molar-refractivity contribution in [3.63, 3.8) is 0 Å². The molecule has 20 heavy (non-hydrogen) atoms. The van der Waals surface area contributed by atoms with E-state index in [0.29, 0.717) is 11.6 Å². The minimum Gasteiger partial charge on any atom is -0.436 e. The molecule has 1 aromatic heterocycles. The molecule has 0 aliphatic heterocycles. The van der Waals surface area contributed by atoms with Crippen LogP contribution < -0.4 is 5.32 Å². The molecule has 5 heteroatoms. The lowest BCUT2D eigenvalue weighted by atomic mass is 10.2. The predicted octanol–water partition coefficient (Wildman–Crippen LogP) is 4.22. The minimum atomic E-state index is -0.119. The van der Waals surface area contributed by atoms with Gasteiger partial charge in [-0.25, -0.2) is 4.98 Å². The van der Waals surface area contributed by atoms with Crippen LogP contribution in [0.1, 0.15) is 6.92 Å². The van der Waals surface area contributed by atoms with Gasteiger partial charge in [0.1, 0.15) is 5.52 Å². The van der Waals surface area contributed by atoms with Crippen molar-refractivity contribution >= 4 is 38.6 Å². The third kappa shape index (κ3) is 2.58. The molecule has 3 rings (SSSR count). The maximum Gasteiger partial charge on any atom is 0.227 e. The molecule has 2 aromatic carbocycles. The molecule has 0 saturated heterocycles. The van der Waals surface area contributed by atoms with Crippen LogP contribution in [0.3, 0.4) is 0 Å². The largest absolute Gasteiger partial charge is 0.436 e. The first-order chi connectivity index (χ1) is 9.61. The quantitative estimate of drug-likeness (QED) is 0.765. The van der Waals surface area contributed by atoms with Crippen molar-refractivity contribution < 1.29 is 9.21 Å². The van der Waals surface area contributed by atoms with Crippen molar-refractivity contribution in [3.8, 4) is 11.5 Å². The fourth-order valence-corrected chi connectivity index (χ4v) is 2.48. The Morgan fingerprint density at radius 1 is 1.25 bits per heavy atom. The normalized spacial score (nSPS) is 10.7. The van der Waals surface area contributed by atoms with Gasteiger partial charge in [-0.2, -0.15) is 0 Å². The minimum absolute atomic E-state index is 0.119. The molecule has 0 bridgehead atoms. The number of aromatic nitrogens is 1.